The molecule has 0 heterocycles. The van der Waals surface area contributed by atoms with Crippen LogP contribution in [0.2, 0.25) is 0 Å². The zero-order chi connectivity index (χ0) is 10.8. The quantitative estimate of drug-likeness (QED) is 0.597. The maximum atomic E-state index is 11.5. The average Bonchev–Trinajstić information content (AvgIpc) is 2.02. The molecule has 5 N–H and O–H groups in total. The predicted molar refractivity (Wildman–Crippen MR) is 54.4 cm³/mol. The Morgan fingerprint density at radius 3 is 2.43 bits per heavy atom. The summed E-state index contributed by atoms with van der Waals surface area (Å²) in [4.78, 5) is 0.0146. The Labute approximate surface area is 82.3 Å². The predicted octanol–water partition coefficient (Wildman–Crippen LogP) is -0.383. The minimum atomic E-state index is -3.49. The highest BCUT2D eigenvalue weighted by atomic mass is 32.2. The molecule has 0 aliphatic heterocycles. The summed E-state index contributed by atoms with van der Waals surface area (Å²) in [5, 5.41) is 8.56. The maximum Gasteiger partial charge on any atom is 0.182 e. The molecular weight excluding hydrogens is 204 g/mol. The minimum absolute atomic E-state index is 0.0146. The summed E-state index contributed by atoms with van der Waals surface area (Å²) in [5.74, 6) is -0.332. The summed E-state index contributed by atoms with van der Waals surface area (Å²) in [6.07, 6.45) is 0. The van der Waals surface area contributed by atoms with E-state index in [0.717, 1.165) is 0 Å². The van der Waals surface area contributed by atoms with Crippen LogP contribution in [0.4, 0.5) is 11.4 Å². The molecule has 1 aromatic rings. The van der Waals surface area contributed by atoms with Gasteiger partial charge in [-0.1, -0.05) is 0 Å². The van der Waals surface area contributed by atoms with Crippen LogP contribution >= 0.6 is 0 Å². The van der Waals surface area contributed by atoms with E-state index in [4.69, 9.17) is 16.6 Å². The molecule has 0 saturated carbocycles. The van der Waals surface area contributed by atoms with E-state index in [-0.39, 0.29) is 16.3 Å². The third kappa shape index (κ3) is 2.15. The summed E-state index contributed by atoms with van der Waals surface area (Å²) >= 11 is 0. The largest absolute Gasteiger partial charge is 0.399 e. The second kappa shape index (κ2) is 3.85. The van der Waals surface area contributed by atoms with Crippen molar-refractivity contribution in [2.24, 2.45) is 0 Å². The third-order valence-corrected chi connectivity index (χ3v) is 3.49. The number of hydrogen-bond donors (Lipinski definition) is 3. The number of anilines is 2. The summed E-state index contributed by atoms with van der Waals surface area (Å²) in [7, 11) is -3.49. The van der Waals surface area contributed by atoms with E-state index in [9.17, 15) is 8.42 Å². The van der Waals surface area contributed by atoms with E-state index < -0.39 is 16.4 Å². The van der Waals surface area contributed by atoms with Gasteiger partial charge in [0.05, 0.1) is 22.9 Å². The number of aliphatic hydroxyl groups excluding tert-OH is 1. The van der Waals surface area contributed by atoms with Gasteiger partial charge >= 0.3 is 0 Å². The SMILES string of the molecule is Nc1ccc(S(=O)(=O)CCO)c(N)c1. The number of sulfone groups is 1. The maximum absolute atomic E-state index is 11.5. The lowest BCUT2D eigenvalue weighted by Crippen LogP contribution is -2.12. The van der Waals surface area contributed by atoms with Gasteiger partial charge in [-0.25, -0.2) is 8.42 Å². The second-order valence-corrected chi connectivity index (χ2v) is 4.92. The van der Waals surface area contributed by atoms with Crippen molar-refractivity contribution in [3.8, 4) is 0 Å². The summed E-state index contributed by atoms with van der Waals surface area (Å²) < 4.78 is 23.0. The fraction of sp³-hybridized carbons (Fsp3) is 0.250. The molecule has 5 nitrogen and oxygen atoms in total. The first-order chi connectivity index (χ1) is 6.47. The van der Waals surface area contributed by atoms with E-state index in [1.165, 1.54) is 18.2 Å². The smallest absolute Gasteiger partial charge is 0.182 e. The van der Waals surface area contributed by atoms with Gasteiger partial charge < -0.3 is 16.6 Å². The minimum Gasteiger partial charge on any atom is -0.399 e. The van der Waals surface area contributed by atoms with Gasteiger partial charge in [-0.05, 0) is 18.2 Å². The normalized spacial score (nSPS) is 11.5. The number of rotatable bonds is 3. The van der Waals surface area contributed by atoms with Gasteiger partial charge in [0.1, 0.15) is 0 Å². The topological polar surface area (TPSA) is 106 Å². The van der Waals surface area contributed by atoms with Crippen molar-refractivity contribution in [3.63, 3.8) is 0 Å². The van der Waals surface area contributed by atoms with E-state index in [2.05, 4.69) is 0 Å². The van der Waals surface area contributed by atoms with Crippen molar-refractivity contribution < 1.29 is 13.5 Å². The van der Waals surface area contributed by atoms with E-state index >= 15 is 0 Å². The molecule has 0 fully saturated rings. The van der Waals surface area contributed by atoms with Crippen LogP contribution < -0.4 is 11.5 Å². The van der Waals surface area contributed by atoms with Crippen LogP contribution in [0.3, 0.4) is 0 Å². The first kappa shape index (κ1) is 10.8. The molecule has 0 aliphatic rings. The number of nitrogens with two attached hydrogens (primary N) is 2. The van der Waals surface area contributed by atoms with Gasteiger partial charge in [-0.15, -0.1) is 0 Å². The van der Waals surface area contributed by atoms with Gasteiger partial charge in [0.2, 0.25) is 0 Å². The van der Waals surface area contributed by atoms with Crippen molar-refractivity contribution in [1.29, 1.82) is 0 Å². The molecule has 14 heavy (non-hydrogen) atoms. The fourth-order valence-electron chi connectivity index (χ4n) is 1.08. The molecule has 6 heteroatoms. The molecule has 1 rings (SSSR count). The number of aliphatic hydroxyl groups is 1. The number of benzene rings is 1. The second-order valence-electron chi connectivity index (χ2n) is 2.84. The third-order valence-electron chi connectivity index (χ3n) is 1.73. The summed E-state index contributed by atoms with van der Waals surface area (Å²) in [6, 6.07) is 4.18. The van der Waals surface area contributed by atoms with Gasteiger partial charge in [0.15, 0.2) is 9.84 Å². The average molecular weight is 216 g/mol. The van der Waals surface area contributed by atoms with Crippen LogP contribution in [0.25, 0.3) is 0 Å². The number of nitrogen functional groups attached to an aromatic ring is 2. The van der Waals surface area contributed by atoms with E-state index in [1.807, 2.05) is 0 Å². The van der Waals surface area contributed by atoms with Crippen molar-refractivity contribution in [1.82, 2.24) is 0 Å². The summed E-state index contributed by atoms with van der Waals surface area (Å²) in [5.41, 5.74) is 11.4. The Kier molecular flexibility index (Phi) is 2.97. The first-order valence-electron chi connectivity index (χ1n) is 3.96. The fourth-order valence-corrected chi connectivity index (χ4v) is 2.23. The van der Waals surface area contributed by atoms with Crippen molar-refractivity contribution >= 4 is 21.2 Å². The molecule has 0 spiro atoms. The Morgan fingerprint density at radius 1 is 1.29 bits per heavy atom. The van der Waals surface area contributed by atoms with E-state index in [1.54, 1.807) is 0 Å². The lowest BCUT2D eigenvalue weighted by Gasteiger charge is -2.06. The summed E-state index contributed by atoms with van der Waals surface area (Å²) in [6.45, 7) is -0.424. The monoisotopic (exact) mass is 216 g/mol. The van der Waals surface area contributed by atoms with Crippen molar-refractivity contribution in [3.05, 3.63) is 18.2 Å². The zero-order valence-corrected chi connectivity index (χ0v) is 8.29. The molecule has 0 bridgehead atoms. The molecule has 0 aliphatic carbocycles. The van der Waals surface area contributed by atoms with Crippen LogP contribution in [-0.4, -0.2) is 25.9 Å². The van der Waals surface area contributed by atoms with Crippen LogP contribution in [-0.2, 0) is 9.84 Å². The Bertz CT molecular complexity index is 428. The molecule has 78 valence electrons. The Hall–Kier alpha value is -1.27. The van der Waals surface area contributed by atoms with Gasteiger partial charge in [-0.3, -0.25) is 0 Å². The lowest BCUT2D eigenvalue weighted by atomic mass is 10.3. The van der Waals surface area contributed by atoms with Crippen LogP contribution in [0.5, 0.6) is 0 Å². The Morgan fingerprint density at radius 2 is 1.93 bits per heavy atom. The lowest BCUT2D eigenvalue weighted by molar-refractivity contribution is 0.319. The highest BCUT2D eigenvalue weighted by molar-refractivity contribution is 7.91. The molecule has 0 amide bonds. The van der Waals surface area contributed by atoms with Crippen LogP contribution in [0.15, 0.2) is 23.1 Å². The van der Waals surface area contributed by atoms with Crippen molar-refractivity contribution in [2.75, 3.05) is 23.8 Å². The number of hydrogen-bond acceptors (Lipinski definition) is 5. The van der Waals surface area contributed by atoms with E-state index in [0.29, 0.717) is 5.69 Å². The molecule has 0 saturated heterocycles. The van der Waals surface area contributed by atoms with Gasteiger partial charge in [0, 0.05) is 5.69 Å². The van der Waals surface area contributed by atoms with Gasteiger partial charge in [0.25, 0.3) is 0 Å². The molecule has 0 radical (unpaired) electrons. The molecule has 0 atom stereocenters. The highest BCUT2D eigenvalue weighted by Gasteiger charge is 2.16. The first-order valence-corrected chi connectivity index (χ1v) is 5.61. The highest BCUT2D eigenvalue weighted by Crippen LogP contribution is 2.21. The van der Waals surface area contributed by atoms with Crippen LogP contribution in [0, 0.1) is 0 Å². The van der Waals surface area contributed by atoms with Crippen LogP contribution in [0.1, 0.15) is 0 Å². The van der Waals surface area contributed by atoms with Gasteiger partial charge in [-0.2, -0.15) is 0 Å². The molecule has 0 unspecified atom stereocenters. The standard InChI is InChI=1S/C8H12N2O3S/c9-6-1-2-8(7(10)5-6)14(12,13)4-3-11/h1-2,5,11H,3-4,9-10H2. The molecule has 1 aromatic carbocycles. The Balaban J connectivity index is 3.20. The van der Waals surface area contributed by atoms with Crippen molar-refractivity contribution in [2.45, 2.75) is 4.90 Å². The molecular formula is C8H12N2O3S. The molecule has 0 aromatic heterocycles. The zero-order valence-electron chi connectivity index (χ0n) is 7.47.